The summed E-state index contributed by atoms with van der Waals surface area (Å²) in [5, 5.41) is 0. The Hall–Kier alpha value is -2.76. The number of nitrogens with two attached hydrogens (primary N) is 1. The summed E-state index contributed by atoms with van der Waals surface area (Å²) in [7, 11) is 1.65. The van der Waals surface area contributed by atoms with Crippen molar-refractivity contribution in [2.45, 2.75) is 6.42 Å². The average Bonchev–Trinajstić information content (AvgIpc) is 2.64. The molecular formula is C18H22N4O2. The van der Waals surface area contributed by atoms with E-state index in [-0.39, 0.29) is 5.91 Å². The molecule has 0 saturated carbocycles. The smallest absolute Gasteiger partial charge is 0.227 e. The number of hydrogen-bond acceptors (Lipinski definition) is 5. The van der Waals surface area contributed by atoms with E-state index in [2.05, 4.69) is 9.88 Å². The second kappa shape index (κ2) is 7.21. The SMILES string of the molecule is COc1ccnc(N2CCN(C(=O)Cc3ccc(N)cc3)CC2)c1. The molecule has 1 fully saturated rings. The first-order chi connectivity index (χ1) is 11.7. The van der Waals surface area contributed by atoms with E-state index in [1.54, 1.807) is 13.3 Å². The number of nitrogen functional groups attached to an aromatic ring is 1. The van der Waals surface area contributed by atoms with Crippen molar-refractivity contribution in [2.75, 3.05) is 43.9 Å². The summed E-state index contributed by atoms with van der Waals surface area (Å²) in [6.07, 6.45) is 2.16. The molecule has 126 valence electrons. The van der Waals surface area contributed by atoms with E-state index in [1.165, 1.54) is 0 Å². The Kier molecular flexibility index (Phi) is 4.84. The third kappa shape index (κ3) is 3.76. The van der Waals surface area contributed by atoms with Gasteiger partial charge in [0.15, 0.2) is 0 Å². The molecule has 2 heterocycles. The molecule has 3 rings (SSSR count). The zero-order valence-corrected chi connectivity index (χ0v) is 13.8. The first-order valence-electron chi connectivity index (χ1n) is 8.03. The van der Waals surface area contributed by atoms with Crippen LogP contribution in [0.15, 0.2) is 42.6 Å². The van der Waals surface area contributed by atoms with Crippen LogP contribution in [0.5, 0.6) is 5.75 Å². The Labute approximate surface area is 141 Å². The molecule has 1 aromatic heterocycles. The van der Waals surface area contributed by atoms with Crippen LogP contribution in [-0.4, -0.2) is 49.1 Å². The Morgan fingerprint density at radius 2 is 1.88 bits per heavy atom. The van der Waals surface area contributed by atoms with Crippen molar-refractivity contribution in [3.8, 4) is 5.75 Å². The number of methoxy groups -OCH3 is 1. The third-order valence-corrected chi connectivity index (χ3v) is 4.24. The number of nitrogens with zero attached hydrogens (tertiary/aromatic N) is 3. The highest BCUT2D eigenvalue weighted by Gasteiger charge is 2.22. The molecule has 6 nitrogen and oxygen atoms in total. The standard InChI is InChI=1S/C18H22N4O2/c1-24-16-6-7-20-17(13-16)21-8-10-22(11-9-21)18(23)12-14-2-4-15(19)5-3-14/h2-7,13H,8-12,19H2,1H3. The van der Waals surface area contributed by atoms with Crippen molar-refractivity contribution in [1.82, 2.24) is 9.88 Å². The van der Waals surface area contributed by atoms with Crippen molar-refractivity contribution in [3.63, 3.8) is 0 Å². The van der Waals surface area contributed by atoms with Gasteiger partial charge in [-0.3, -0.25) is 4.79 Å². The van der Waals surface area contributed by atoms with Gasteiger partial charge in [0, 0.05) is 44.1 Å². The number of carbonyl (C=O) groups excluding carboxylic acids is 1. The minimum absolute atomic E-state index is 0.151. The van der Waals surface area contributed by atoms with Gasteiger partial charge in [-0.25, -0.2) is 4.98 Å². The quantitative estimate of drug-likeness (QED) is 0.864. The number of piperazine rings is 1. The Morgan fingerprint density at radius 3 is 2.54 bits per heavy atom. The molecule has 24 heavy (non-hydrogen) atoms. The van der Waals surface area contributed by atoms with E-state index in [0.29, 0.717) is 25.2 Å². The number of pyridine rings is 1. The van der Waals surface area contributed by atoms with Gasteiger partial charge in [-0.1, -0.05) is 12.1 Å². The average molecular weight is 326 g/mol. The lowest BCUT2D eigenvalue weighted by atomic mass is 10.1. The fraction of sp³-hybridized carbons (Fsp3) is 0.333. The second-order valence-electron chi connectivity index (χ2n) is 5.84. The predicted octanol–water partition coefficient (Wildman–Crippen LogP) is 1.56. The van der Waals surface area contributed by atoms with E-state index >= 15 is 0 Å². The van der Waals surface area contributed by atoms with Crippen LogP contribution in [0.2, 0.25) is 0 Å². The number of benzene rings is 1. The first-order valence-corrected chi connectivity index (χ1v) is 8.03. The molecular weight excluding hydrogens is 304 g/mol. The maximum Gasteiger partial charge on any atom is 0.227 e. The minimum atomic E-state index is 0.151. The van der Waals surface area contributed by atoms with Crippen molar-refractivity contribution in [2.24, 2.45) is 0 Å². The second-order valence-corrected chi connectivity index (χ2v) is 5.84. The number of rotatable bonds is 4. The van der Waals surface area contributed by atoms with Crippen molar-refractivity contribution in [3.05, 3.63) is 48.2 Å². The Balaban J connectivity index is 1.56. The highest BCUT2D eigenvalue weighted by molar-refractivity contribution is 5.79. The maximum atomic E-state index is 12.4. The van der Waals surface area contributed by atoms with Crippen LogP contribution in [0.1, 0.15) is 5.56 Å². The molecule has 1 aliphatic heterocycles. The highest BCUT2D eigenvalue weighted by Crippen LogP contribution is 2.19. The van der Waals surface area contributed by atoms with Crippen molar-refractivity contribution in [1.29, 1.82) is 0 Å². The van der Waals surface area contributed by atoms with Crippen LogP contribution >= 0.6 is 0 Å². The summed E-state index contributed by atoms with van der Waals surface area (Å²) in [6.45, 7) is 2.95. The van der Waals surface area contributed by atoms with Crippen molar-refractivity contribution < 1.29 is 9.53 Å². The number of hydrogen-bond donors (Lipinski definition) is 1. The van der Waals surface area contributed by atoms with Crippen LogP contribution in [0.25, 0.3) is 0 Å². The summed E-state index contributed by atoms with van der Waals surface area (Å²) in [5.41, 5.74) is 7.38. The predicted molar refractivity (Wildman–Crippen MR) is 94.1 cm³/mol. The van der Waals surface area contributed by atoms with Gasteiger partial charge in [0.2, 0.25) is 5.91 Å². The minimum Gasteiger partial charge on any atom is -0.497 e. The van der Waals surface area contributed by atoms with E-state index in [4.69, 9.17) is 10.5 Å². The number of anilines is 2. The van der Waals surface area contributed by atoms with Gasteiger partial charge in [-0.15, -0.1) is 0 Å². The zero-order chi connectivity index (χ0) is 16.9. The lowest BCUT2D eigenvalue weighted by molar-refractivity contribution is -0.130. The number of ether oxygens (including phenoxy) is 1. The van der Waals surface area contributed by atoms with Crippen LogP contribution in [0.4, 0.5) is 11.5 Å². The number of aromatic nitrogens is 1. The molecule has 0 atom stereocenters. The third-order valence-electron chi connectivity index (χ3n) is 4.24. The van der Waals surface area contributed by atoms with Gasteiger partial charge in [0.25, 0.3) is 0 Å². The van der Waals surface area contributed by atoms with E-state index < -0.39 is 0 Å². The summed E-state index contributed by atoms with van der Waals surface area (Å²) < 4.78 is 5.24. The molecule has 1 aromatic carbocycles. The number of amides is 1. The molecule has 1 aliphatic rings. The van der Waals surface area contributed by atoms with Crippen LogP contribution in [0, 0.1) is 0 Å². The molecule has 1 saturated heterocycles. The summed E-state index contributed by atoms with van der Waals surface area (Å²) in [4.78, 5) is 20.9. The summed E-state index contributed by atoms with van der Waals surface area (Å²) in [5.74, 6) is 1.83. The topological polar surface area (TPSA) is 71.7 Å². The van der Waals surface area contributed by atoms with Crippen molar-refractivity contribution >= 4 is 17.4 Å². The van der Waals surface area contributed by atoms with Crippen LogP contribution in [0.3, 0.4) is 0 Å². The first kappa shape index (κ1) is 16.1. The molecule has 0 unspecified atom stereocenters. The lowest BCUT2D eigenvalue weighted by Crippen LogP contribution is -2.49. The summed E-state index contributed by atoms with van der Waals surface area (Å²) in [6, 6.07) is 11.2. The van der Waals surface area contributed by atoms with Crippen LogP contribution < -0.4 is 15.4 Å². The molecule has 2 N–H and O–H groups in total. The van der Waals surface area contributed by atoms with Gasteiger partial charge in [0.05, 0.1) is 13.5 Å². The zero-order valence-electron chi connectivity index (χ0n) is 13.8. The molecule has 6 heteroatoms. The molecule has 0 aliphatic carbocycles. The molecule has 0 bridgehead atoms. The Bertz CT molecular complexity index is 694. The fourth-order valence-corrected chi connectivity index (χ4v) is 2.81. The van der Waals surface area contributed by atoms with Gasteiger partial charge in [-0.2, -0.15) is 0 Å². The Morgan fingerprint density at radius 1 is 1.17 bits per heavy atom. The van der Waals surface area contributed by atoms with E-state index in [9.17, 15) is 4.79 Å². The molecule has 0 spiro atoms. The largest absolute Gasteiger partial charge is 0.497 e. The van der Waals surface area contributed by atoms with E-state index in [0.717, 1.165) is 30.2 Å². The monoisotopic (exact) mass is 326 g/mol. The van der Waals surface area contributed by atoms with Crippen LogP contribution in [-0.2, 0) is 11.2 Å². The number of carbonyl (C=O) groups is 1. The molecule has 0 radical (unpaired) electrons. The normalized spacial score (nSPS) is 14.5. The van der Waals surface area contributed by atoms with Gasteiger partial charge in [-0.05, 0) is 23.8 Å². The lowest BCUT2D eigenvalue weighted by Gasteiger charge is -2.35. The molecule has 2 aromatic rings. The fourth-order valence-electron chi connectivity index (χ4n) is 2.81. The van der Waals surface area contributed by atoms with E-state index in [1.807, 2.05) is 41.3 Å². The molecule has 1 amide bonds. The van der Waals surface area contributed by atoms with Gasteiger partial charge < -0.3 is 20.3 Å². The van der Waals surface area contributed by atoms with Gasteiger partial charge >= 0.3 is 0 Å². The highest BCUT2D eigenvalue weighted by atomic mass is 16.5. The maximum absolute atomic E-state index is 12.4. The van der Waals surface area contributed by atoms with Gasteiger partial charge in [0.1, 0.15) is 11.6 Å². The summed E-state index contributed by atoms with van der Waals surface area (Å²) >= 11 is 0.